The van der Waals surface area contributed by atoms with Crippen LogP contribution in [0.25, 0.3) is 11.0 Å². The van der Waals surface area contributed by atoms with Gasteiger partial charge in [-0.2, -0.15) is 0 Å². The number of anilines is 1. The lowest BCUT2D eigenvalue weighted by Gasteiger charge is -2.10. The zero-order chi connectivity index (χ0) is 23.4. The SMILES string of the molecule is COc1ccc(Oc2coc3cc(OCC(=O)Nc4cc(Cl)ccc4Cl)ccc3c2=O)cc1. The molecule has 4 rings (SSSR count). The maximum absolute atomic E-state index is 12.8. The van der Waals surface area contributed by atoms with E-state index in [2.05, 4.69) is 5.32 Å². The number of nitrogens with one attached hydrogen (secondary N) is 1. The summed E-state index contributed by atoms with van der Waals surface area (Å²) in [6, 6.07) is 16.2. The van der Waals surface area contributed by atoms with Gasteiger partial charge in [0.05, 0.1) is 23.2 Å². The molecule has 0 aliphatic heterocycles. The third-order valence-electron chi connectivity index (χ3n) is 4.57. The number of methoxy groups -OCH3 is 1. The van der Waals surface area contributed by atoms with E-state index in [1.807, 2.05) is 0 Å². The molecule has 0 atom stereocenters. The van der Waals surface area contributed by atoms with E-state index in [9.17, 15) is 9.59 Å². The minimum Gasteiger partial charge on any atom is -0.497 e. The number of ether oxygens (including phenoxy) is 3. The Morgan fingerprint density at radius 3 is 2.45 bits per heavy atom. The second-order valence-electron chi connectivity index (χ2n) is 6.83. The summed E-state index contributed by atoms with van der Waals surface area (Å²) < 4.78 is 21.8. The summed E-state index contributed by atoms with van der Waals surface area (Å²) >= 11 is 12.0. The first-order valence-electron chi connectivity index (χ1n) is 9.68. The molecule has 4 aromatic rings. The highest BCUT2D eigenvalue weighted by Crippen LogP contribution is 2.27. The molecule has 1 N–H and O–H groups in total. The third kappa shape index (κ3) is 5.39. The molecule has 0 bridgehead atoms. The van der Waals surface area contributed by atoms with Gasteiger partial charge < -0.3 is 23.9 Å². The van der Waals surface area contributed by atoms with Crippen molar-refractivity contribution >= 4 is 45.8 Å². The zero-order valence-corrected chi connectivity index (χ0v) is 18.8. The Kier molecular flexibility index (Phi) is 6.72. The molecule has 7 nitrogen and oxygen atoms in total. The fourth-order valence-electron chi connectivity index (χ4n) is 2.95. The van der Waals surface area contributed by atoms with Gasteiger partial charge >= 0.3 is 0 Å². The van der Waals surface area contributed by atoms with Crippen LogP contribution in [0.15, 0.2) is 76.1 Å². The summed E-state index contributed by atoms with van der Waals surface area (Å²) in [5, 5.41) is 3.73. The molecule has 0 saturated heterocycles. The summed E-state index contributed by atoms with van der Waals surface area (Å²) in [4.78, 5) is 24.9. The predicted octanol–water partition coefficient (Wildman–Crippen LogP) is 5.92. The van der Waals surface area contributed by atoms with Crippen LogP contribution in [0.5, 0.6) is 23.0 Å². The minimum atomic E-state index is -0.427. The lowest BCUT2D eigenvalue weighted by Crippen LogP contribution is -2.20. The fraction of sp³-hybridized carbons (Fsp3) is 0.0833. The average molecular weight is 486 g/mol. The van der Waals surface area contributed by atoms with E-state index >= 15 is 0 Å². The Morgan fingerprint density at radius 1 is 0.970 bits per heavy atom. The molecule has 1 amide bonds. The largest absolute Gasteiger partial charge is 0.497 e. The van der Waals surface area contributed by atoms with Crippen LogP contribution in [0.3, 0.4) is 0 Å². The number of carbonyl (C=O) groups excluding carboxylic acids is 1. The van der Waals surface area contributed by atoms with Crippen LogP contribution in [0, 0.1) is 0 Å². The summed E-state index contributed by atoms with van der Waals surface area (Å²) in [6.45, 7) is -0.281. The van der Waals surface area contributed by atoms with Crippen LogP contribution in [0.2, 0.25) is 10.0 Å². The van der Waals surface area contributed by atoms with E-state index < -0.39 is 5.91 Å². The maximum atomic E-state index is 12.8. The Morgan fingerprint density at radius 2 is 1.70 bits per heavy atom. The first kappa shape index (κ1) is 22.5. The van der Waals surface area contributed by atoms with E-state index in [-0.39, 0.29) is 23.4 Å². The molecule has 3 aromatic carbocycles. The van der Waals surface area contributed by atoms with Crippen molar-refractivity contribution in [3.05, 3.63) is 87.2 Å². The van der Waals surface area contributed by atoms with Crippen LogP contribution < -0.4 is 25.0 Å². The number of benzene rings is 3. The number of carbonyl (C=O) groups is 1. The van der Waals surface area contributed by atoms with Gasteiger partial charge in [0.25, 0.3) is 5.91 Å². The van der Waals surface area contributed by atoms with Crippen molar-refractivity contribution in [3.8, 4) is 23.0 Å². The Labute approximate surface area is 198 Å². The first-order valence-corrected chi connectivity index (χ1v) is 10.4. The van der Waals surface area contributed by atoms with Gasteiger partial charge in [-0.1, -0.05) is 23.2 Å². The van der Waals surface area contributed by atoms with Crippen LogP contribution >= 0.6 is 23.2 Å². The molecule has 0 unspecified atom stereocenters. The van der Waals surface area contributed by atoms with Crippen molar-refractivity contribution in [1.29, 1.82) is 0 Å². The normalized spacial score (nSPS) is 10.6. The van der Waals surface area contributed by atoms with E-state index in [0.29, 0.717) is 38.4 Å². The molecule has 1 heterocycles. The summed E-state index contributed by atoms with van der Waals surface area (Å²) in [5.74, 6) is 1.10. The van der Waals surface area contributed by atoms with Gasteiger partial charge in [0.2, 0.25) is 11.2 Å². The Bertz CT molecular complexity index is 1370. The molecule has 0 aliphatic rings. The smallest absolute Gasteiger partial charge is 0.262 e. The van der Waals surface area contributed by atoms with Gasteiger partial charge in [0.15, 0.2) is 6.61 Å². The topological polar surface area (TPSA) is 87.0 Å². The number of fused-ring (bicyclic) bond motifs is 1. The lowest BCUT2D eigenvalue weighted by atomic mass is 10.2. The molecular weight excluding hydrogens is 469 g/mol. The van der Waals surface area contributed by atoms with Crippen LogP contribution in [0.1, 0.15) is 0 Å². The maximum Gasteiger partial charge on any atom is 0.262 e. The molecule has 1 aromatic heterocycles. The monoisotopic (exact) mass is 485 g/mol. The summed E-state index contributed by atoms with van der Waals surface area (Å²) in [5.41, 5.74) is 0.330. The van der Waals surface area contributed by atoms with E-state index in [1.165, 1.54) is 18.4 Å². The lowest BCUT2D eigenvalue weighted by molar-refractivity contribution is -0.118. The first-order chi connectivity index (χ1) is 15.9. The van der Waals surface area contributed by atoms with Gasteiger partial charge in [-0.05, 0) is 54.6 Å². The fourth-order valence-corrected chi connectivity index (χ4v) is 3.29. The predicted molar refractivity (Wildman–Crippen MR) is 126 cm³/mol. The molecule has 0 saturated carbocycles. The zero-order valence-electron chi connectivity index (χ0n) is 17.3. The average Bonchev–Trinajstić information content (AvgIpc) is 2.82. The second kappa shape index (κ2) is 9.85. The quantitative estimate of drug-likeness (QED) is 0.349. The van der Waals surface area contributed by atoms with Gasteiger partial charge in [-0.15, -0.1) is 0 Å². The van der Waals surface area contributed by atoms with Crippen molar-refractivity contribution in [2.75, 3.05) is 19.0 Å². The number of hydrogen-bond acceptors (Lipinski definition) is 6. The van der Waals surface area contributed by atoms with Crippen LogP contribution in [-0.2, 0) is 4.79 Å². The Balaban J connectivity index is 1.44. The van der Waals surface area contributed by atoms with Crippen LogP contribution in [-0.4, -0.2) is 19.6 Å². The molecule has 9 heteroatoms. The molecule has 168 valence electrons. The molecule has 0 aliphatic carbocycles. The van der Waals surface area contributed by atoms with E-state index in [1.54, 1.807) is 55.6 Å². The number of rotatable bonds is 7. The number of amides is 1. The van der Waals surface area contributed by atoms with Crippen molar-refractivity contribution in [2.24, 2.45) is 0 Å². The van der Waals surface area contributed by atoms with Crippen molar-refractivity contribution < 1.29 is 23.4 Å². The molecular formula is C24H17Cl2NO6. The van der Waals surface area contributed by atoms with Crippen molar-refractivity contribution in [3.63, 3.8) is 0 Å². The standard InChI is InChI=1S/C24H17Cl2NO6/c1-30-15-3-5-16(6-4-15)33-22-12-32-21-11-17(7-8-18(21)24(22)29)31-13-23(28)27-20-10-14(25)2-9-19(20)26/h2-12H,13H2,1H3,(H,27,28). The van der Waals surface area contributed by atoms with Crippen molar-refractivity contribution in [2.45, 2.75) is 0 Å². The highest BCUT2D eigenvalue weighted by atomic mass is 35.5. The van der Waals surface area contributed by atoms with Gasteiger partial charge in [-0.25, -0.2) is 0 Å². The summed E-state index contributed by atoms with van der Waals surface area (Å²) in [6.07, 6.45) is 1.23. The van der Waals surface area contributed by atoms with E-state index in [4.69, 9.17) is 41.8 Å². The molecule has 0 fully saturated rings. The van der Waals surface area contributed by atoms with Crippen molar-refractivity contribution in [1.82, 2.24) is 0 Å². The summed E-state index contributed by atoms with van der Waals surface area (Å²) in [7, 11) is 1.56. The Hall–Kier alpha value is -3.68. The minimum absolute atomic E-state index is 0.0408. The van der Waals surface area contributed by atoms with Crippen LogP contribution in [0.4, 0.5) is 5.69 Å². The van der Waals surface area contributed by atoms with Gasteiger partial charge in [0, 0.05) is 11.1 Å². The third-order valence-corrected chi connectivity index (χ3v) is 5.14. The molecule has 0 spiro atoms. The molecule has 0 radical (unpaired) electrons. The van der Waals surface area contributed by atoms with E-state index in [0.717, 1.165) is 0 Å². The van der Waals surface area contributed by atoms with Gasteiger partial charge in [-0.3, -0.25) is 9.59 Å². The highest BCUT2D eigenvalue weighted by molar-refractivity contribution is 6.35. The molecule has 33 heavy (non-hydrogen) atoms. The number of hydrogen-bond donors (Lipinski definition) is 1. The van der Waals surface area contributed by atoms with Gasteiger partial charge in [0.1, 0.15) is 29.1 Å². The highest BCUT2D eigenvalue weighted by Gasteiger charge is 2.12. The number of halogens is 2. The second-order valence-corrected chi connectivity index (χ2v) is 7.67.